The molecular formula is C34H36B2. The minimum absolute atomic E-state index is 0.390. The van der Waals surface area contributed by atoms with E-state index in [9.17, 15) is 0 Å². The first-order chi connectivity index (χ1) is 17.5. The minimum atomic E-state index is 0.390. The molecule has 3 aromatic rings. The van der Waals surface area contributed by atoms with E-state index < -0.39 is 0 Å². The van der Waals surface area contributed by atoms with Crippen LogP contribution in [0.5, 0.6) is 0 Å². The van der Waals surface area contributed by atoms with Gasteiger partial charge in [-0.1, -0.05) is 47.3 Å². The molecule has 178 valence electrons. The second kappa shape index (κ2) is 7.03. The smallest absolute Gasteiger partial charge is 0.0813 e. The second-order valence-electron chi connectivity index (χ2n) is 14.7. The van der Waals surface area contributed by atoms with Gasteiger partial charge in [-0.15, -0.1) is 0 Å². The van der Waals surface area contributed by atoms with E-state index in [0.29, 0.717) is 10.8 Å². The van der Waals surface area contributed by atoms with Crippen molar-refractivity contribution in [2.24, 2.45) is 35.5 Å². The Balaban J connectivity index is 1.17. The topological polar surface area (TPSA) is 0 Å². The summed E-state index contributed by atoms with van der Waals surface area (Å²) in [5, 5.41) is 4.71. The van der Waals surface area contributed by atoms with Gasteiger partial charge in [-0.2, -0.15) is 0 Å². The lowest BCUT2D eigenvalue weighted by molar-refractivity contribution is -0.00525. The lowest BCUT2D eigenvalue weighted by Crippen LogP contribution is -2.48. The molecule has 11 rings (SSSR count). The molecule has 3 aromatic carbocycles. The Morgan fingerprint density at radius 3 is 1.06 bits per heavy atom. The van der Waals surface area contributed by atoms with Gasteiger partial charge in [-0.3, -0.25) is 0 Å². The molecular weight excluding hydrogens is 430 g/mol. The van der Waals surface area contributed by atoms with Crippen LogP contribution in [-0.4, -0.2) is 15.7 Å². The van der Waals surface area contributed by atoms with E-state index in [-0.39, 0.29) is 0 Å². The van der Waals surface area contributed by atoms with Crippen molar-refractivity contribution < 1.29 is 0 Å². The second-order valence-corrected chi connectivity index (χ2v) is 14.7. The summed E-state index contributed by atoms with van der Waals surface area (Å²) in [6.45, 7) is 0. The average molecular weight is 466 g/mol. The van der Waals surface area contributed by atoms with Crippen LogP contribution >= 0.6 is 0 Å². The highest BCUT2D eigenvalue weighted by Gasteiger charge is 2.52. The van der Waals surface area contributed by atoms with Gasteiger partial charge in [0.25, 0.3) is 0 Å². The number of rotatable bonds is 2. The minimum Gasteiger partial charge on any atom is -0.0813 e. The van der Waals surface area contributed by atoms with Gasteiger partial charge >= 0.3 is 0 Å². The summed E-state index contributed by atoms with van der Waals surface area (Å²) in [5.74, 6) is 5.72. The van der Waals surface area contributed by atoms with Crippen LogP contribution in [-0.2, 0) is 10.8 Å². The summed E-state index contributed by atoms with van der Waals surface area (Å²) in [7, 11) is 14.0. The van der Waals surface area contributed by atoms with Crippen molar-refractivity contribution in [3.8, 4) is 0 Å². The first kappa shape index (κ1) is 21.3. The molecule has 8 fully saturated rings. The molecule has 0 spiro atoms. The summed E-state index contributed by atoms with van der Waals surface area (Å²) in [4.78, 5) is 0. The van der Waals surface area contributed by atoms with Crippen LogP contribution in [0, 0.1) is 35.5 Å². The van der Waals surface area contributed by atoms with Gasteiger partial charge in [0.15, 0.2) is 0 Å². The summed E-state index contributed by atoms with van der Waals surface area (Å²) in [6, 6.07) is 14.4. The van der Waals surface area contributed by atoms with Crippen molar-refractivity contribution in [1.29, 1.82) is 0 Å². The van der Waals surface area contributed by atoms with Crippen LogP contribution in [0.1, 0.15) is 88.2 Å². The Kier molecular flexibility index (Phi) is 4.16. The van der Waals surface area contributed by atoms with Gasteiger partial charge in [0.2, 0.25) is 0 Å². The van der Waals surface area contributed by atoms with Crippen molar-refractivity contribution in [2.75, 3.05) is 0 Å². The molecule has 0 atom stereocenters. The number of hydrogen-bond acceptors (Lipinski definition) is 0. The maximum absolute atomic E-state index is 6.98. The summed E-state index contributed by atoms with van der Waals surface area (Å²) in [6.07, 6.45) is 17.3. The highest BCUT2D eigenvalue weighted by atomic mass is 14.6. The fourth-order valence-electron chi connectivity index (χ4n) is 11.9. The van der Waals surface area contributed by atoms with E-state index in [0.717, 1.165) is 57.2 Å². The highest BCUT2D eigenvalue weighted by molar-refractivity contribution is 6.53. The van der Waals surface area contributed by atoms with Crippen molar-refractivity contribution in [3.05, 3.63) is 47.5 Å². The molecule has 0 saturated heterocycles. The third-order valence-electron chi connectivity index (χ3n) is 12.5. The fraction of sp³-hybridized carbons (Fsp3) is 0.588. The molecule has 8 bridgehead atoms. The Morgan fingerprint density at radius 2 is 0.750 bits per heavy atom. The lowest BCUT2D eigenvalue weighted by Gasteiger charge is -2.57. The van der Waals surface area contributed by atoms with E-state index in [1.54, 1.807) is 11.1 Å². The van der Waals surface area contributed by atoms with Crippen LogP contribution in [0.15, 0.2) is 36.4 Å². The molecule has 0 unspecified atom stereocenters. The van der Waals surface area contributed by atoms with E-state index >= 15 is 0 Å². The molecule has 0 N–H and O–H groups in total. The third kappa shape index (κ3) is 2.80. The van der Waals surface area contributed by atoms with Crippen LogP contribution in [0.4, 0.5) is 0 Å². The first-order valence-corrected chi connectivity index (χ1v) is 15.0. The molecule has 0 nitrogen and oxygen atoms in total. The van der Waals surface area contributed by atoms with E-state index in [1.165, 1.54) is 87.8 Å². The van der Waals surface area contributed by atoms with Crippen molar-refractivity contribution in [1.82, 2.24) is 0 Å². The monoisotopic (exact) mass is 466 g/mol. The van der Waals surface area contributed by atoms with Crippen molar-refractivity contribution in [2.45, 2.75) is 87.9 Å². The number of fused-ring (bicyclic) bond motifs is 2. The van der Waals surface area contributed by atoms with Gasteiger partial charge in [-0.25, -0.2) is 0 Å². The number of benzene rings is 3. The molecule has 0 aromatic heterocycles. The quantitative estimate of drug-likeness (QED) is 0.298. The van der Waals surface area contributed by atoms with Crippen LogP contribution < -0.4 is 10.9 Å². The summed E-state index contributed by atoms with van der Waals surface area (Å²) >= 11 is 0. The van der Waals surface area contributed by atoms with Gasteiger partial charge in [0.1, 0.15) is 15.7 Å². The maximum Gasteiger partial charge on any atom is 0.115 e. The molecule has 8 aliphatic carbocycles. The summed E-state index contributed by atoms with van der Waals surface area (Å²) in [5.41, 5.74) is 5.76. The zero-order chi connectivity index (χ0) is 23.8. The number of hydrogen-bond donors (Lipinski definition) is 0. The van der Waals surface area contributed by atoms with Gasteiger partial charge in [0.05, 0.1) is 0 Å². The zero-order valence-corrected chi connectivity index (χ0v) is 21.6. The molecule has 4 radical (unpaired) electrons. The lowest BCUT2D eigenvalue weighted by atomic mass is 9.48. The molecule has 36 heavy (non-hydrogen) atoms. The zero-order valence-electron chi connectivity index (χ0n) is 21.6. The van der Waals surface area contributed by atoms with Crippen molar-refractivity contribution in [3.63, 3.8) is 0 Å². The largest absolute Gasteiger partial charge is 0.115 e. The van der Waals surface area contributed by atoms with Crippen LogP contribution in [0.2, 0.25) is 0 Å². The van der Waals surface area contributed by atoms with E-state index in [2.05, 4.69) is 36.4 Å². The molecule has 2 heteroatoms. The normalized spacial score (nSPS) is 42.1. The fourth-order valence-corrected chi connectivity index (χ4v) is 11.9. The predicted molar refractivity (Wildman–Crippen MR) is 152 cm³/mol. The average Bonchev–Trinajstić information content (AvgIpc) is 2.85. The highest BCUT2D eigenvalue weighted by Crippen LogP contribution is 2.62. The SMILES string of the molecule is [B]c1c2ccc(C34CC5CC(CC(C5)C3)C4)cc2c([B])c2ccc(C34CC5CC(CC(C5)C3)C4)cc12. The molecule has 0 heterocycles. The molecule has 8 saturated carbocycles. The van der Waals surface area contributed by atoms with Gasteiger partial charge in [0, 0.05) is 0 Å². The standard InChI is InChI=1S/C34H36B2/c35-31-27-3-1-25(33-13-19-5-20(14-33)7-21(6-19)15-33)11-29(27)32(36)28-4-2-26(12-30(28)31)34-16-22-8-23(17-34)10-24(9-22)18-34/h1-4,11-12,19-24H,5-10,13-18H2. The Hall–Kier alpha value is -1.69. The molecule has 0 aliphatic heterocycles. The van der Waals surface area contributed by atoms with E-state index in [1.807, 2.05) is 0 Å². The Bertz CT molecular complexity index is 1250. The maximum atomic E-state index is 6.98. The Morgan fingerprint density at radius 1 is 0.444 bits per heavy atom. The molecule has 0 amide bonds. The van der Waals surface area contributed by atoms with Crippen LogP contribution in [0.25, 0.3) is 21.5 Å². The van der Waals surface area contributed by atoms with Crippen LogP contribution in [0.3, 0.4) is 0 Å². The first-order valence-electron chi connectivity index (χ1n) is 15.0. The predicted octanol–water partition coefficient (Wildman–Crippen LogP) is 6.52. The Labute approximate surface area is 218 Å². The third-order valence-corrected chi connectivity index (χ3v) is 12.5. The van der Waals surface area contributed by atoms with Gasteiger partial charge in [-0.05, 0) is 156 Å². The van der Waals surface area contributed by atoms with E-state index in [4.69, 9.17) is 15.7 Å². The summed E-state index contributed by atoms with van der Waals surface area (Å²) < 4.78 is 0. The van der Waals surface area contributed by atoms with Gasteiger partial charge < -0.3 is 0 Å². The van der Waals surface area contributed by atoms with Crippen molar-refractivity contribution >= 4 is 48.2 Å². The molecule has 8 aliphatic rings.